The number of guanidine groups is 1. The molecule has 2 rings (SSSR count). The summed E-state index contributed by atoms with van der Waals surface area (Å²) in [7, 11) is 1.62. The summed E-state index contributed by atoms with van der Waals surface area (Å²) in [5, 5.41) is 6.08. The van der Waals surface area contributed by atoms with Gasteiger partial charge in [0.05, 0.1) is 25.0 Å². The number of hydrogen-bond donors (Lipinski definition) is 2. The molecule has 2 aromatic rings. The molecule has 126 valence electrons. The predicted octanol–water partition coefficient (Wildman–Crippen LogP) is 3.99. The number of hydrogen-bond acceptors (Lipinski definition) is 4. The quantitative estimate of drug-likeness (QED) is 0.423. The Labute approximate surface area is 158 Å². The number of nitrogens with zero attached hydrogens (tertiary/aromatic N) is 2. The number of benzene rings is 1. The molecule has 1 heterocycles. The van der Waals surface area contributed by atoms with Gasteiger partial charge in [-0.15, -0.1) is 35.3 Å². The van der Waals surface area contributed by atoms with Gasteiger partial charge in [0.15, 0.2) is 5.96 Å². The molecule has 23 heavy (non-hydrogen) atoms. The van der Waals surface area contributed by atoms with Crippen LogP contribution in [0.5, 0.6) is 5.75 Å². The van der Waals surface area contributed by atoms with Crippen LogP contribution < -0.4 is 15.8 Å². The van der Waals surface area contributed by atoms with Crippen molar-refractivity contribution in [1.29, 1.82) is 0 Å². The summed E-state index contributed by atoms with van der Waals surface area (Å²) < 4.78 is 5.27. The van der Waals surface area contributed by atoms with E-state index in [0.29, 0.717) is 12.5 Å². The lowest BCUT2D eigenvalue weighted by atomic mass is 9.93. The minimum Gasteiger partial charge on any atom is -0.495 e. The molecule has 5 nitrogen and oxygen atoms in total. The van der Waals surface area contributed by atoms with Crippen molar-refractivity contribution in [2.75, 3.05) is 12.4 Å². The van der Waals surface area contributed by atoms with Crippen LogP contribution in [0, 0.1) is 0 Å². The molecule has 0 aliphatic carbocycles. The van der Waals surface area contributed by atoms with Crippen LogP contribution in [0.2, 0.25) is 0 Å². The molecule has 0 aliphatic heterocycles. The zero-order valence-corrected chi connectivity index (χ0v) is 16.9. The number of halogens is 1. The Morgan fingerprint density at radius 3 is 2.65 bits per heavy atom. The van der Waals surface area contributed by atoms with E-state index in [9.17, 15) is 0 Å². The van der Waals surface area contributed by atoms with E-state index in [4.69, 9.17) is 10.5 Å². The maximum absolute atomic E-state index is 5.93. The molecule has 0 atom stereocenters. The van der Waals surface area contributed by atoms with Crippen LogP contribution in [0.25, 0.3) is 0 Å². The van der Waals surface area contributed by atoms with E-state index in [1.165, 1.54) is 0 Å². The van der Waals surface area contributed by atoms with Gasteiger partial charge in [-0.05, 0) is 12.1 Å². The van der Waals surface area contributed by atoms with Gasteiger partial charge in [-0.3, -0.25) is 0 Å². The first-order valence-corrected chi connectivity index (χ1v) is 7.93. The van der Waals surface area contributed by atoms with Crippen LogP contribution in [0.4, 0.5) is 5.69 Å². The summed E-state index contributed by atoms with van der Waals surface area (Å²) in [6, 6.07) is 7.57. The maximum Gasteiger partial charge on any atom is 0.193 e. The highest BCUT2D eigenvalue weighted by atomic mass is 127. The van der Waals surface area contributed by atoms with Gasteiger partial charge in [-0.1, -0.05) is 32.9 Å². The number of rotatable bonds is 4. The van der Waals surface area contributed by atoms with Gasteiger partial charge in [0, 0.05) is 10.8 Å². The predicted molar refractivity (Wildman–Crippen MR) is 108 cm³/mol. The number of aromatic nitrogens is 1. The molecule has 0 amide bonds. The van der Waals surface area contributed by atoms with E-state index in [2.05, 4.69) is 41.4 Å². The van der Waals surface area contributed by atoms with Crippen molar-refractivity contribution in [3.05, 3.63) is 40.3 Å². The normalized spacial score (nSPS) is 11.7. The third-order valence-corrected chi connectivity index (χ3v) is 3.91. The van der Waals surface area contributed by atoms with Gasteiger partial charge >= 0.3 is 0 Å². The molecule has 0 bridgehead atoms. The largest absolute Gasteiger partial charge is 0.495 e. The molecule has 0 radical (unpaired) electrons. The van der Waals surface area contributed by atoms with E-state index in [0.717, 1.165) is 22.1 Å². The fourth-order valence-electron chi connectivity index (χ4n) is 1.81. The highest BCUT2D eigenvalue weighted by Gasteiger charge is 2.17. The summed E-state index contributed by atoms with van der Waals surface area (Å²) in [5.74, 6) is 1.07. The monoisotopic (exact) mass is 446 g/mol. The second kappa shape index (κ2) is 8.49. The Morgan fingerprint density at radius 2 is 2.04 bits per heavy atom. The Kier molecular flexibility index (Phi) is 7.27. The Morgan fingerprint density at radius 1 is 1.35 bits per heavy atom. The van der Waals surface area contributed by atoms with Gasteiger partial charge < -0.3 is 15.8 Å². The summed E-state index contributed by atoms with van der Waals surface area (Å²) in [6.07, 6.45) is 0. The molecular weight excluding hydrogens is 423 g/mol. The highest BCUT2D eigenvalue weighted by molar-refractivity contribution is 14.0. The first kappa shape index (κ1) is 19.7. The zero-order chi connectivity index (χ0) is 16.2. The molecule has 0 fully saturated rings. The molecule has 3 N–H and O–H groups in total. The lowest BCUT2D eigenvalue weighted by Gasteiger charge is -2.14. The van der Waals surface area contributed by atoms with Crippen molar-refractivity contribution in [3.8, 4) is 5.75 Å². The zero-order valence-electron chi connectivity index (χ0n) is 13.8. The topological polar surface area (TPSA) is 72.5 Å². The number of ether oxygens (including phenoxy) is 1. The van der Waals surface area contributed by atoms with E-state index in [-0.39, 0.29) is 29.4 Å². The number of nitrogens with one attached hydrogen (secondary N) is 1. The van der Waals surface area contributed by atoms with Crippen molar-refractivity contribution in [2.24, 2.45) is 10.7 Å². The summed E-state index contributed by atoms with van der Waals surface area (Å²) >= 11 is 1.61. The summed E-state index contributed by atoms with van der Waals surface area (Å²) in [6.45, 7) is 6.90. The molecule has 7 heteroatoms. The number of methoxy groups -OCH3 is 1. The Balaban J connectivity index is 0.00000264. The van der Waals surface area contributed by atoms with Crippen LogP contribution in [-0.4, -0.2) is 18.1 Å². The Hall–Kier alpha value is -1.35. The molecule has 1 aromatic heterocycles. The van der Waals surface area contributed by atoms with Gasteiger partial charge in [-0.25, -0.2) is 9.98 Å². The van der Waals surface area contributed by atoms with Gasteiger partial charge in [0.1, 0.15) is 10.8 Å². The van der Waals surface area contributed by atoms with E-state index >= 15 is 0 Å². The minimum atomic E-state index is 0. The maximum atomic E-state index is 5.93. The number of para-hydroxylation sites is 2. The average molecular weight is 446 g/mol. The van der Waals surface area contributed by atoms with Gasteiger partial charge in [0.2, 0.25) is 0 Å². The lowest BCUT2D eigenvalue weighted by Crippen LogP contribution is -2.23. The molecular formula is C16H23IN4OS. The van der Waals surface area contributed by atoms with Crippen molar-refractivity contribution in [3.63, 3.8) is 0 Å². The molecule has 0 unspecified atom stereocenters. The number of thiazole rings is 1. The molecule has 0 saturated heterocycles. The third-order valence-electron chi connectivity index (χ3n) is 3.07. The lowest BCUT2D eigenvalue weighted by molar-refractivity contribution is 0.417. The SMILES string of the molecule is COc1ccccc1NC(N)=NCc1nc(C(C)(C)C)cs1.I. The van der Waals surface area contributed by atoms with E-state index < -0.39 is 0 Å². The second-order valence-corrected chi connectivity index (χ2v) is 6.85. The van der Waals surface area contributed by atoms with Crippen molar-refractivity contribution < 1.29 is 4.74 Å². The van der Waals surface area contributed by atoms with Gasteiger partial charge in [-0.2, -0.15) is 0 Å². The highest BCUT2D eigenvalue weighted by Crippen LogP contribution is 2.24. The summed E-state index contributed by atoms with van der Waals surface area (Å²) in [5.41, 5.74) is 7.86. The molecule has 1 aromatic carbocycles. The third kappa shape index (κ3) is 5.65. The smallest absolute Gasteiger partial charge is 0.193 e. The average Bonchev–Trinajstić information content (AvgIpc) is 2.95. The minimum absolute atomic E-state index is 0. The Bertz CT molecular complexity index is 664. The molecule has 0 aliphatic rings. The van der Waals surface area contributed by atoms with Gasteiger partial charge in [0.25, 0.3) is 0 Å². The number of anilines is 1. The number of aliphatic imine (C=N–C) groups is 1. The first-order chi connectivity index (χ1) is 10.4. The van der Waals surface area contributed by atoms with Crippen LogP contribution in [0.1, 0.15) is 31.5 Å². The van der Waals surface area contributed by atoms with Crippen molar-refractivity contribution in [2.45, 2.75) is 32.7 Å². The molecule has 0 spiro atoms. The molecule has 0 saturated carbocycles. The van der Waals surface area contributed by atoms with Crippen LogP contribution >= 0.6 is 35.3 Å². The fourth-order valence-corrected chi connectivity index (χ4v) is 2.75. The number of nitrogens with two attached hydrogens (primary N) is 1. The first-order valence-electron chi connectivity index (χ1n) is 7.05. The summed E-state index contributed by atoms with van der Waals surface area (Å²) in [4.78, 5) is 8.93. The van der Waals surface area contributed by atoms with Crippen molar-refractivity contribution >= 4 is 47.0 Å². The van der Waals surface area contributed by atoms with Crippen LogP contribution in [-0.2, 0) is 12.0 Å². The van der Waals surface area contributed by atoms with Crippen molar-refractivity contribution in [1.82, 2.24) is 4.98 Å². The van der Waals surface area contributed by atoms with Crippen LogP contribution in [0.15, 0.2) is 34.6 Å². The fraction of sp³-hybridized carbons (Fsp3) is 0.375. The van der Waals surface area contributed by atoms with Crippen LogP contribution in [0.3, 0.4) is 0 Å². The van der Waals surface area contributed by atoms with E-state index in [1.54, 1.807) is 18.4 Å². The van der Waals surface area contributed by atoms with E-state index in [1.807, 2.05) is 24.3 Å². The standard InChI is InChI=1S/C16H22N4OS.HI/c1-16(2,3)13-10-22-14(20-13)9-18-15(17)19-11-7-5-6-8-12(11)21-4;/h5-8,10H,9H2,1-4H3,(H3,17,18,19);1H. The second-order valence-electron chi connectivity index (χ2n) is 5.90.